The molecule has 2 N–H and O–H groups in total. The maximum Gasteiger partial charge on any atom is 0.132 e. The van der Waals surface area contributed by atoms with Crippen LogP contribution >= 0.6 is 0 Å². The lowest BCUT2D eigenvalue weighted by molar-refractivity contribution is 0.703. The monoisotopic (exact) mass is 191 g/mol. The van der Waals surface area contributed by atoms with Crippen LogP contribution in [-0.4, -0.2) is 17.6 Å². The Morgan fingerprint density at radius 3 is 3.00 bits per heavy atom. The van der Waals surface area contributed by atoms with Gasteiger partial charge in [0.1, 0.15) is 5.82 Å². The van der Waals surface area contributed by atoms with E-state index in [1.54, 1.807) is 0 Å². The second kappa shape index (κ2) is 3.58. The molecule has 1 aromatic heterocycles. The average Bonchev–Trinajstić information content (AvgIpc) is 2.59. The summed E-state index contributed by atoms with van der Waals surface area (Å²) in [5.74, 6) is 1.15. The lowest BCUT2D eigenvalue weighted by Crippen LogP contribution is -2.29. The molecule has 3 heteroatoms. The van der Waals surface area contributed by atoms with Crippen LogP contribution in [0.15, 0.2) is 12.3 Å². The fourth-order valence-corrected chi connectivity index (χ4v) is 1.96. The summed E-state index contributed by atoms with van der Waals surface area (Å²) in [4.78, 5) is 6.82. The Morgan fingerprint density at radius 2 is 2.36 bits per heavy atom. The highest BCUT2D eigenvalue weighted by Crippen LogP contribution is 2.27. The summed E-state index contributed by atoms with van der Waals surface area (Å²) in [6.45, 7) is 6.08. The minimum atomic E-state index is 0.535. The van der Waals surface area contributed by atoms with Crippen LogP contribution < -0.4 is 10.6 Å². The minimum Gasteiger partial charge on any atom is -0.354 e. The Balaban J connectivity index is 2.33. The molecule has 2 rings (SSSR count). The molecular formula is C11H17N3. The average molecular weight is 191 g/mol. The van der Waals surface area contributed by atoms with Gasteiger partial charge in [-0.3, -0.25) is 0 Å². The minimum absolute atomic E-state index is 0.535. The van der Waals surface area contributed by atoms with Gasteiger partial charge in [0.25, 0.3) is 0 Å². The topological polar surface area (TPSA) is 42.1 Å². The molecule has 0 radical (unpaired) electrons. The number of fused-ring (bicyclic) bond motifs is 1. The highest BCUT2D eigenvalue weighted by molar-refractivity contribution is 5.53. The largest absolute Gasteiger partial charge is 0.354 e. The zero-order chi connectivity index (χ0) is 10.1. The molecule has 1 aliphatic rings. The molecule has 0 bridgehead atoms. The molecule has 0 atom stereocenters. The van der Waals surface area contributed by atoms with Crippen molar-refractivity contribution < 1.29 is 0 Å². The van der Waals surface area contributed by atoms with E-state index in [1.807, 2.05) is 6.20 Å². The van der Waals surface area contributed by atoms with E-state index in [4.69, 9.17) is 5.73 Å². The van der Waals surface area contributed by atoms with Crippen molar-refractivity contribution >= 4 is 5.82 Å². The fourth-order valence-electron chi connectivity index (χ4n) is 1.96. The first-order valence-corrected chi connectivity index (χ1v) is 5.17. The quantitative estimate of drug-likeness (QED) is 0.766. The van der Waals surface area contributed by atoms with Crippen molar-refractivity contribution in [1.29, 1.82) is 0 Å². The third-order valence-electron chi connectivity index (χ3n) is 2.75. The first-order chi connectivity index (χ1) is 6.72. The van der Waals surface area contributed by atoms with Crippen molar-refractivity contribution in [2.24, 2.45) is 5.73 Å². The van der Waals surface area contributed by atoms with E-state index >= 15 is 0 Å². The predicted molar refractivity (Wildman–Crippen MR) is 58.3 cm³/mol. The second-order valence-corrected chi connectivity index (χ2v) is 4.07. The number of nitrogens with two attached hydrogens (primary N) is 1. The van der Waals surface area contributed by atoms with Crippen molar-refractivity contribution in [3.63, 3.8) is 0 Å². The molecule has 1 aromatic rings. The van der Waals surface area contributed by atoms with Crippen LogP contribution in [0.2, 0.25) is 0 Å². The molecule has 14 heavy (non-hydrogen) atoms. The molecule has 2 heterocycles. The normalized spacial score (nSPS) is 15.0. The van der Waals surface area contributed by atoms with E-state index in [1.165, 1.54) is 5.56 Å². The Bertz CT molecular complexity index is 333. The molecular weight excluding hydrogens is 174 g/mol. The summed E-state index contributed by atoms with van der Waals surface area (Å²) in [7, 11) is 0. The van der Waals surface area contributed by atoms with Gasteiger partial charge >= 0.3 is 0 Å². The maximum absolute atomic E-state index is 5.58. The van der Waals surface area contributed by atoms with Crippen molar-refractivity contribution in [1.82, 2.24) is 4.98 Å². The van der Waals surface area contributed by atoms with Crippen LogP contribution in [0.25, 0.3) is 0 Å². The van der Waals surface area contributed by atoms with Gasteiger partial charge in [0.15, 0.2) is 0 Å². The standard InChI is InChI=1S/C11H17N3/c1-8(2)14-4-3-10-5-9(6-12)7-13-11(10)14/h5,7-8H,3-4,6,12H2,1-2H3. The number of rotatable bonds is 2. The number of aromatic nitrogens is 1. The van der Waals surface area contributed by atoms with Gasteiger partial charge in [-0.05, 0) is 37.5 Å². The molecule has 0 saturated carbocycles. The molecule has 0 amide bonds. The smallest absolute Gasteiger partial charge is 0.132 e. The van der Waals surface area contributed by atoms with Gasteiger partial charge in [0.2, 0.25) is 0 Å². The van der Waals surface area contributed by atoms with Crippen molar-refractivity contribution in [3.05, 3.63) is 23.4 Å². The zero-order valence-corrected chi connectivity index (χ0v) is 8.83. The van der Waals surface area contributed by atoms with E-state index in [-0.39, 0.29) is 0 Å². The summed E-state index contributed by atoms with van der Waals surface area (Å²) < 4.78 is 0. The summed E-state index contributed by atoms with van der Waals surface area (Å²) in [6, 6.07) is 2.72. The van der Waals surface area contributed by atoms with Gasteiger partial charge in [-0.1, -0.05) is 0 Å². The molecule has 0 aromatic carbocycles. The highest BCUT2D eigenvalue weighted by atomic mass is 15.2. The molecule has 1 aliphatic heterocycles. The number of nitrogens with zero attached hydrogens (tertiary/aromatic N) is 2. The summed E-state index contributed by atoms with van der Waals surface area (Å²) in [5.41, 5.74) is 8.07. The number of anilines is 1. The zero-order valence-electron chi connectivity index (χ0n) is 8.83. The lowest BCUT2D eigenvalue weighted by Gasteiger charge is -2.22. The number of hydrogen-bond acceptors (Lipinski definition) is 3. The molecule has 0 aliphatic carbocycles. The van der Waals surface area contributed by atoms with E-state index in [2.05, 4.69) is 29.8 Å². The highest BCUT2D eigenvalue weighted by Gasteiger charge is 2.22. The van der Waals surface area contributed by atoms with Crippen LogP contribution in [0, 0.1) is 0 Å². The summed E-state index contributed by atoms with van der Waals surface area (Å²) in [5, 5.41) is 0. The van der Waals surface area contributed by atoms with Gasteiger partial charge < -0.3 is 10.6 Å². The third kappa shape index (κ3) is 1.48. The van der Waals surface area contributed by atoms with Crippen molar-refractivity contribution in [2.75, 3.05) is 11.4 Å². The van der Waals surface area contributed by atoms with Crippen LogP contribution in [-0.2, 0) is 13.0 Å². The first kappa shape index (κ1) is 9.46. The number of pyridine rings is 1. The molecule has 3 nitrogen and oxygen atoms in total. The van der Waals surface area contributed by atoms with Crippen molar-refractivity contribution in [2.45, 2.75) is 32.9 Å². The van der Waals surface area contributed by atoms with Gasteiger partial charge in [0.05, 0.1) is 0 Å². The van der Waals surface area contributed by atoms with Crippen LogP contribution in [0.4, 0.5) is 5.82 Å². The lowest BCUT2D eigenvalue weighted by atomic mass is 10.2. The summed E-state index contributed by atoms with van der Waals surface area (Å²) in [6.07, 6.45) is 2.99. The van der Waals surface area contributed by atoms with Gasteiger partial charge in [-0.15, -0.1) is 0 Å². The molecule has 0 unspecified atom stereocenters. The maximum atomic E-state index is 5.58. The van der Waals surface area contributed by atoms with E-state index in [0.29, 0.717) is 12.6 Å². The van der Waals surface area contributed by atoms with E-state index in [0.717, 1.165) is 24.3 Å². The van der Waals surface area contributed by atoms with Crippen molar-refractivity contribution in [3.8, 4) is 0 Å². The van der Waals surface area contributed by atoms with Gasteiger partial charge in [-0.25, -0.2) is 4.98 Å². The first-order valence-electron chi connectivity index (χ1n) is 5.17. The Labute approximate surface area is 84.9 Å². The van der Waals surface area contributed by atoms with E-state index in [9.17, 15) is 0 Å². The second-order valence-electron chi connectivity index (χ2n) is 4.07. The molecule has 76 valence electrons. The van der Waals surface area contributed by atoms with Crippen LogP contribution in [0.3, 0.4) is 0 Å². The van der Waals surface area contributed by atoms with Gasteiger partial charge in [-0.2, -0.15) is 0 Å². The fraction of sp³-hybridized carbons (Fsp3) is 0.545. The van der Waals surface area contributed by atoms with Crippen LogP contribution in [0.5, 0.6) is 0 Å². The Morgan fingerprint density at radius 1 is 1.57 bits per heavy atom. The Kier molecular flexibility index (Phi) is 2.42. The summed E-state index contributed by atoms with van der Waals surface area (Å²) >= 11 is 0. The Hall–Kier alpha value is -1.09. The van der Waals surface area contributed by atoms with Crippen LogP contribution in [0.1, 0.15) is 25.0 Å². The predicted octanol–water partition coefficient (Wildman–Crippen LogP) is 1.31. The SMILES string of the molecule is CC(C)N1CCc2cc(CN)cnc21. The third-order valence-corrected chi connectivity index (χ3v) is 2.75. The van der Waals surface area contributed by atoms with E-state index < -0.39 is 0 Å². The molecule has 0 spiro atoms. The molecule has 0 saturated heterocycles. The molecule has 0 fully saturated rings. The van der Waals surface area contributed by atoms with Gasteiger partial charge in [0, 0.05) is 25.3 Å². The number of hydrogen-bond donors (Lipinski definition) is 1.